The number of hydrogen-bond acceptors (Lipinski definition) is 8. The average molecular weight is 425 g/mol. The van der Waals surface area contributed by atoms with Crippen LogP contribution in [0.15, 0.2) is 90.0 Å². The van der Waals surface area contributed by atoms with Gasteiger partial charge in [-0.05, 0) is 30.3 Å². The Kier molecular flexibility index (Phi) is 6.28. The van der Waals surface area contributed by atoms with Gasteiger partial charge in [-0.3, -0.25) is 0 Å². The predicted octanol–water partition coefficient (Wildman–Crippen LogP) is 4.50. The first kappa shape index (κ1) is 20.5. The number of hydrogen-bond donors (Lipinski definition) is 4. The minimum absolute atomic E-state index is 0.145. The van der Waals surface area contributed by atoms with Gasteiger partial charge in [0.2, 0.25) is 17.8 Å². The van der Waals surface area contributed by atoms with E-state index in [1.807, 2.05) is 60.7 Å². The molecule has 9 heteroatoms. The highest BCUT2D eigenvalue weighted by Gasteiger charge is 2.09. The number of carbonyl (C=O) groups is 1. The van der Waals surface area contributed by atoms with Gasteiger partial charge in [0, 0.05) is 16.9 Å². The van der Waals surface area contributed by atoms with Crippen molar-refractivity contribution in [3.63, 3.8) is 0 Å². The van der Waals surface area contributed by atoms with Crippen molar-refractivity contribution in [1.82, 2.24) is 15.0 Å². The molecule has 0 saturated carbocycles. The Bertz CT molecular complexity index is 1170. The largest absolute Gasteiger partial charge is 0.478 e. The number of aromatic nitrogens is 3. The Hall–Kier alpha value is -4.79. The van der Waals surface area contributed by atoms with Gasteiger partial charge in [-0.1, -0.05) is 54.6 Å². The summed E-state index contributed by atoms with van der Waals surface area (Å²) in [6.07, 6.45) is 1.40. The summed E-state index contributed by atoms with van der Waals surface area (Å²) >= 11 is 0. The van der Waals surface area contributed by atoms with Crippen molar-refractivity contribution in [2.24, 2.45) is 5.10 Å². The maximum absolute atomic E-state index is 11.4. The zero-order chi connectivity index (χ0) is 22.2. The Morgan fingerprint density at radius 3 is 1.78 bits per heavy atom. The smallest absolute Gasteiger partial charge is 0.336 e. The van der Waals surface area contributed by atoms with E-state index in [0.717, 1.165) is 11.4 Å². The molecule has 4 rings (SSSR count). The molecule has 0 saturated heterocycles. The minimum Gasteiger partial charge on any atom is -0.478 e. The normalized spacial score (nSPS) is 10.6. The molecule has 3 aromatic carbocycles. The monoisotopic (exact) mass is 425 g/mol. The van der Waals surface area contributed by atoms with Crippen molar-refractivity contribution >= 4 is 41.4 Å². The van der Waals surface area contributed by atoms with E-state index in [0.29, 0.717) is 17.5 Å². The van der Waals surface area contributed by atoms with E-state index in [4.69, 9.17) is 0 Å². The van der Waals surface area contributed by atoms with Crippen LogP contribution in [0.2, 0.25) is 0 Å². The molecule has 1 aromatic heterocycles. The molecule has 1 heterocycles. The van der Waals surface area contributed by atoms with Crippen LogP contribution in [0, 0.1) is 0 Å². The van der Waals surface area contributed by atoms with Crippen molar-refractivity contribution < 1.29 is 9.90 Å². The maximum Gasteiger partial charge on any atom is 0.336 e. The lowest BCUT2D eigenvalue weighted by Gasteiger charge is -2.10. The first-order chi connectivity index (χ1) is 15.7. The van der Waals surface area contributed by atoms with Crippen LogP contribution in [0.25, 0.3) is 0 Å². The molecule has 0 aliphatic carbocycles. The molecule has 0 bridgehead atoms. The van der Waals surface area contributed by atoms with Crippen LogP contribution in [0.3, 0.4) is 0 Å². The van der Waals surface area contributed by atoms with E-state index in [2.05, 4.69) is 36.1 Å². The molecule has 158 valence electrons. The van der Waals surface area contributed by atoms with E-state index >= 15 is 0 Å². The quantitative estimate of drug-likeness (QED) is 0.240. The first-order valence-electron chi connectivity index (χ1n) is 9.69. The molecule has 0 aliphatic rings. The van der Waals surface area contributed by atoms with E-state index < -0.39 is 5.97 Å². The standard InChI is InChI=1S/C23H19N7O2/c31-20(32)19-14-8-7-9-16(19)15-24-30-23-28-21(25-17-10-3-1-4-11-17)27-22(29-23)26-18-12-5-2-6-13-18/h1-15H,(H,31,32)(H3,25,26,27,28,29,30)/b24-15+. The second kappa shape index (κ2) is 9.81. The van der Waals surface area contributed by atoms with Crippen molar-refractivity contribution in [3.8, 4) is 0 Å². The fourth-order valence-corrected chi connectivity index (χ4v) is 2.80. The summed E-state index contributed by atoms with van der Waals surface area (Å²) in [5.41, 5.74) is 4.97. The van der Waals surface area contributed by atoms with Gasteiger partial charge in [0.15, 0.2) is 0 Å². The number of anilines is 5. The zero-order valence-electron chi connectivity index (χ0n) is 16.8. The summed E-state index contributed by atoms with van der Waals surface area (Å²) < 4.78 is 0. The molecule has 0 aliphatic heterocycles. The Morgan fingerprint density at radius 1 is 0.719 bits per heavy atom. The summed E-state index contributed by atoms with van der Waals surface area (Å²) in [6, 6.07) is 25.6. The SMILES string of the molecule is O=C(O)c1ccccc1/C=N/Nc1nc(Nc2ccccc2)nc(Nc2ccccc2)n1. The van der Waals surface area contributed by atoms with Gasteiger partial charge in [0.25, 0.3) is 0 Å². The second-order valence-corrected chi connectivity index (χ2v) is 6.55. The van der Waals surface area contributed by atoms with Crippen LogP contribution in [-0.4, -0.2) is 32.2 Å². The molecule has 0 unspecified atom stereocenters. The molecule has 0 spiro atoms. The topological polar surface area (TPSA) is 124 Å². The molecule has 4 aromatic rings. The third-order valence-corrected chi connectivity index (χ3v) is 4.25. The minimum atomic E-state index is -1.03. The molecular formula is C23H19N7O2. The van der Waals surface area contributed by atoms with Crippen molar-refractivity contribution in [1.29, 1.82) is 0 Å². The van der Waals surface area contributed by atoms with Crippen molar-refractivity contribution in [3.05, 3.63) is 96.1 Å². The fourth-order valence-electron chi connectivity index (χ4n) is 2.80. The third-order valence-electron chi connectivity index (χ3n) is 4.25. The highest BCUT2D eigenvalue weighted by Crippen LogP contribution is 2.18. The van der Waals surface area contributed by atoms with Crippen LogP contribution < -0.4 is 16.1 Å². The van der Waals surface area contributed by atoms with Gasteiger partial charge in [-0.2, -0.15) is 20.1 Å². The van der Waals surface area contributed by atoms with Crippen molar-refractivity contribution in [2.75, 3.05) is 16.1 Å². The second-order valence-electron chi connectivity index (χ2n) is 6.55. The number of hydrazone groups is 1. The summed E-state index contributed by atoms with van der Waals surface area (Å²) in [7, 11) is 0. The molecule has 0 amide bonds. The Morgan fingerprint density at radius 2 is 1.22 bits per heavy atom. The lowest BCUT2D eigenvalue weighted by molar-refractivity contribution is 0.0696. The number of rotatable bonds is 8. The summed E-state index contributed by atoms with van der Waals surface area (Å²) in [5.74, 6) is -0.224. The van der Waals surface area contributed by atoms with Crippen LogP contribution >= 0.6 is 0 Å². The van der Waals surface area contributed by atoms with Crippen LogP contribution in [0.5, 0.6) is 0 Å². The number of para-hydroxylation sites is 2. The Balaban J connectivity index is 1.59. The molecule has 4 N–H and O–H groups in total. The number of carboxylic acids is 1. The van der Waals surface area contributed by atoms with Gasteiger partial charge in [-0.25, -0.2) is 10.2 Å². The van der Waals surface area contributed by atoms with Crippen LogP contribution in [-0.2, 0) is 0 Å². The van der Waals surface area contributed by atoms with Gasteiger partial charge in [0.1, 0.15) is 0 Å². The lowest BCUT2D eigenvalue weighted by Crippen LogP contribution is -2.07. The van der Waals surface area contributed by atoms with Crippen LogP contribution in [0.4, 0.5) is 29.2 Å². The van der Waals surface area contributed by atoms with E-state index in [1.165, 1.54) is 12.3 Å². The number of nitrogens with zero attached hydrogens (tertiary/aromatic N) is 4. The first-order valence-corrected chi connectivity index (χ1v) is 9.69. The number of nitrogens with one attached hydrogen (secondary N) is 3. The highest BCUT2D eigenvalue weighted by molar-refractivity contribution is 5.98. The van der Waals surface area contributed by atoms with E-state index in [1.54, 1.807) is 18.2 Å². The van der Waals surface area contributed by atoms with Crippen LogP contribution in [0.1, 0.15) is 15.9 Å². The van der Waals surface area contributed by atoms with E-state index in [9.17, 15) is 9.90 Å². The number of carboxylic acid groups (broad SMARTS) is 1. The van der Waals surface area contributed by atoms with Gasteiger partial charge >= 0.3 is 5.97 Å². The molecule has 0 radical (unpaired) electrons. The lowest BCUT2D eigenvalue weighted by atomic mass is 10.1. The average Bonchev–Trinajstić information content (AvgIpc) is 2.80. The number of benzene rings is 3. The van der Waals surface area contributed by atoms with Gasteiger partial charge < -0.3 is 15.7 Å². The molecule has 0 fully saturated rings. The van der Waals surface area contributed by atoms with Gasteiger partial charge in [-0.15, -0.1) is 0 Å². The van der Waals surface area contributed by atoms with Crippen molar-refractivity contribution in [2.45, 2.75) is 0 Å². The summed E-state index contributed by atoms with van der Waals surface area (Å²) in [5, 5.41) is 19.7. The number of aromatic carboxylic acids is 1. The maximum atomic E-state index is 11.4. The third kappa shape index (κ3) is 5.42. The van der Waals surface area contributed by atoms with E-state index in [-0.39, 0.29) is 11.5 Å². The van der Waals surface area contributed by atoms with Gasteiger partial charge in [0.05, 0.1) is 11.8 Å². The molecule has 32 heavy (non-hydrogen) atoms. The molecule has 0 atom stereocenters. The zero-order valence-corrected chi connectivity index (χ0v) is 16.8. The highest BCUT2D eigenvalue weighted by atomic mass is 16.4. The summed E-state index contributed by atoms with van der Waals surface area (Å²) in [6.45, 7) is 0. The summed E-state index contributed by atoms with van der Waals surface area (Å²) in [4.78, 5) is 24.5. The fraction of sp³-hybridized carbons (Fsp3) is 0. The molecular weight excluding hydrogens is 406 g/mol. The Labute approximate surface area is 183 Å². The molecule has 9 nitrogen and oxygen atoms in total. The predicted molar refractivity (Wildman–Crippen MR) is 124 cm³/mol.